The van der Waals surface area contributed by atoms with E-state index in [0.29, 0.717) is 17.8 Å². The Morgan fingerprint density at radius 1 is 1.35 bits per heavy atom. The van der Waals surface area contributed by atoms with Gasteiger partial charge in [0.2, 0.25) is 0 Å². The number of carbonyl (C=O) groups excluding carboxylic acids is 1. The standard InChI is InChI=1S/C19H22N4O3/c24-19(21-6-5-15-10-13-1-2-14(15)9-13)16-3-4-17(18(11-16)23(25)26)22-8-7-20-12-22/h3-4,7-8,11-15H,1-2,5-6,9-10H2,(H,21,24)/t13-,14-,15-/m0/s1. The van der Waals surface area contributed by atoms with Gasteiger partial charge in [0.25, 0.3) is 11.6 Å². The van der Waals surface area contributed by atoms with Crippen LogP contribution in [0.3, 0.4) is 0 Å². The number of benzene rings is 1. The number of nitro groups is 1. The molecule has 7 heteroatoms. The number of nitro benzene ring substituents is 1. The van der Waals surface area contributed by atoms with Crippen molar-refractivity contribution in [1.82, 2.24) is 14.9 Å². The van der Waals surface area contributed by atoms with Crippen LogP contribution in [0.15, 0.2) is 36.9 Å². The number of rotatable bonds is 6. The smallest absolute Gasteiger partial charge is 0.294 e. The number of aromatic nitrogens is 2. The molecule has 1 amide bonds. The van der Waals surface area contributed by atoms with Crippen LogP contribution in [0.5, 0.6) is 0 Å². The summed E-state index contributed by atoms with van der Waals surface area (Å²) >= 11 is 0. The molecule has 2 bridgehead atoms. The van der Waals surface area contributed by atoms with Gasteiger partial charge in [0.1, 0.15) is 5.69 Å². The normalized spacial score (nSPS) is 23.9. The molecule has 1 aromatic carbocycles. The van der Waals surface area contributed by atoms with Gasteiger partial charge >= 0.3 is 0 Å². The molecule has 1 heterocycles. The first-order valence-corrected chi connectivity index (χ1v) is 9.17. The third kappa shape index (κ3) is 3.21. The molecule has 136 valence electrons. The molecule has 2 aliphatic rings. The molecule has 0 unspecified atom stereocenters. The lowest BCUT2D eigenvalue weighted by Gasteiger charge is -2.21. The molecule has 0 saturated heterocycles. The summed E-state index contributed by atoms with van der Waals surface area (Å²) in [5.41, 5.74) is 0.600. The molecule has 2 aromatic rings. The zero-order valence-corrected chi connectivity index (χ0v) is 14.5. The molecule has 1 N–H and O–H groups in total. The van der Waals surface area contributed by atoms with Crippen molar-refractivity contribution in [3.8, 4) is 5.69 Å². The molecule has 0 spiro atoms. The van der Waals surface area contributed by atoms with E-state index in [2.05, 4.69) is 10.3 Å². The van der Waals surface area contributed by atoms with Gasteiger partial charge in [-0.1, -0.05) is 6.42 Å². The number of hydrogen-bond acceptors (Lipinski definition) is 4. The summed E-state index contributed by atoms with van der Waals surface area (Å²) in [5.74, 6) is 2.21. The summed E-state index contributed by atoms with van der Waals surface area (Å²) in [6.45, 7) is 0.629. The number of carbonyl (C=O) groups is 1. The van der Waals surface area contributed by atoms with Gasteiger partial charge < -0.3 is 9.88 Å². The Hall–Kier alpha value is -2.70. The Kier molecular flexibility index (Phi) is 4.44. The van der Waals surface area contributed by atoms with Crippen molar-refractivity contribution in [2.45, 2.75) is 32.1 Å². The van der Waals surface area contributed by atoms with E-state index in [4.69, 9.17) is 0 Å². The highest BCUT2D eigenvalue weighted by atomic mass is 16.6. The van der Waals surface area contributed by atoms with Crippen LogP contribution < -0.4 is 5.32 Å². The zero-order chi connectivity index (χ0) is 18.1. The highest BCUT2D eigenvalue weighted by molar-refractivity contribution is 5.95. The maximum atomic E-state index is 12.4. The minimum Gasteiger partial charge on any atom is -0.352 e. The molecule has 0 radical (unpaired) electrons. The second-order valence-electron chi connectivity index (χ2n) is 7.41. The zero-order valence-electron chi connectivity index (χ0n) is 14.5. The van der Waals surface area contributed by atoms with Crippen molar-refractivity contribution in [3.05, 3.63) is 52.6 Å². The minimum atomic E-state index is -0.471. The lowest BCUT2D eigenvalue weighted by atomic mass is 9.86. The van der Waals surface area contributed by atoms with Crippen LogP contribution in [0, 0.1) is 27.9 Å². The van der Waals surface area contributed by atoms with Crippen LogP contribution >= 0.6 is 0 Å². The van der Waals surface area contributed by atoms with Crippen molar-refractivity contribution in [3.63, 3.8) is 0 Å². The Labute approximate surface area is 151 Å². The molecule has 0 aliphatic heterocycles. The average molecular weight is 354 g/mol. The number of imidazole rings is 1. The molecular weight excluding hydrogens is 332 g/mol. The van der Waals surface area contributed by atoms with Gasteiger partial charge in [-0.2, -0.15) is 0 Å². The van der Waals surface area contributed by atoms with Gasteiger partial charge in [-0.25, -0.2) is 4.98 Å². The summed E-state index contributed by atoms with van der Waals surface area (Å²) in [6.07, 6.45) is 11.1. The van der Waals surface area contributed by atoms with Crippen LogP contribution in [0.4, 0.5) is 5.69 Å². The van der Waals surface area contributed by atoms with Gasteiger partial charge in [-0.3, -0.25) is 14.9 Å². The average Bonchev–Trinajstić information content (AvgIpc) is 3.39. The van der Waals surface area contributed by atoms with Crippen LogP contribution in [0.2, 0.25) is 0 Å². The maximum Gasteiger partial charge on any atom is 0.294 e. The van der Waals surface area contributed by atoms with E-state index in [1.807, 2.05) is 0 Å². The van der Waals surface area contributed by atoms with Crippen molar-refractivity contribution in [2.24, 2.45) is 17.8 Å². The van der Waals surface area contributed by atoms with Crippen LogP contribution in [-0.2, 0) is 0 Å². The first-order valence-electron chi connectivity index (χ1n) is 9.17. The Morgan fingerprint density at radius 2 is 2.23 bits per heavy atom. The fourth-order valence-corrected chi connectivity index (χ4v) is 4.63. The van der Waals surface area contributed by atoms with E-state index in [0.717, 1.165) is 24.2 Å². The van der Waals surface area contributed by atoms with E-state index >= 15 is 0 Å². The van der Waals surface area contributed by atoms with Gasteiger partial charge in [0.15, 0.2) is 0 Å². The quantitative estimate of drug-likeness (QED) is 0.636. The third-order valence-corrected chi connectivity index (χ3v) is 5.90. The molecule has 2 aliphatic carbocycles. The van der Waals surface area contributed by atoms with Crippen molar-refractivity contribution in [1.29, 1.82) is 0 Å². The fraction of sp³-hybridized carbons (Fsp3) is 0.474. The fourth-order valence-electron chi connectivity index (χ4n) is 4.63. The lowest BCUT2D eigenvalue weighted by Crippen LogP contribution is -2.27. The number of hydrogen-bond donors (Lipinski definition) is 1. The summed E-state index contributed by atoms with van der Waals surface area (Å²) in [5, 5.41) is 14.3. The number of nitrogens with zero attached hydrogens (tertiary/aromatic N) is 3. The second kappa shape index (κ2) is 6.90. The molecule has 4 rings (SSSR count). The summed E-state index contributed by atoms with van der Waals surface area (Å²) in [6, 6.07) is 4.54. The largest absolute Gasteiger partial charge is 0.352 e. The van der Waals surface area contributed by atoms with E-state index in [1.54, 1.807) is 29.1 Å². The third-order valence-electron chi connectivity index (χ3n) is 5.90. The maximum absolute atomic E-state index is 12.4. The van der Waals surface area contributed by atoms with Gasteiger partial charge in [0.05, 0.1) is 11.3 Å². The summed E-state index contributed by atoms with van der Waals surface area (Å²) < 4.78 is 1.56. The second-order valence-corrected chi connectivity index (χ2v) is 7.41. The topological polar surface area (TPSA) is 90.1 Å². The van der Waals surface area contributed by atoms with E-state index in [1.165, 1.54) is 38.1 Å². The number of fused-ring (bicyclic) bond motifs is 2. The van der Waals surface area contributed by atoms with E-state index in [-0.39, 0.29) is 11.6 Å². The summed E-state index contributed by atoms with van der Waals surface area (Å²) in [4.78, 5) is 27.2. The lowest BCUT2D eigenvalue weighted by molar-refractivity contribution is -0.384. The predicted molar refractivity (Wildman–Crippen MR) is 96.1 cm³/mol. The molecule has 7 nitrogen and oxygen atoms in total. The van der Waals surface area contributed by atoms with Crippen LogP contribution in [0.1, 0.15) is 42.5 Å². The van der Waals surface area contributed by atoms with Gasteiger partial charge in [-0.05, 0) is 55.6 Å². The first-order chi connectivity index (χ1) is 12.6. The molecular formula is C19H22N4O3. The van der Waals surface area contributed by atoms with Crippen LogP contribution in [0.25, 0.3) is 5.69 Å². The Morgan fingerprint density at radius 3 is 2.88 bits per heavy atom. The SMILES string of the molecule is O=C(NCC[C@H]1C[C@H]2CC[C@H]1C2)c1ccc(-n2ccnc2)c([N+](=O)[O-])c1. The van der Waals surface area contributed by atoms with Crippen molar-refractivity contribution in [2.75, 3.05) is 6.54 Å². The van der Waals surface area contributed by atoms with Crippen molar-refractivity contribution >= 4 is 11.6 Å². The molecule has 1 aromatic heterocycles. The van der Waals surface area contributed by atoms with Crippen molar-refractivity contribution < 1.29 is 9.72 Å². The highest BCUT2D eigenvalue weighted by Crippen LogP contribution is 2.49. The number of nitrogens with one attached hydrogen (secondary N) is 1. The molecule has 3 atom stereocenters. The Bertz CT molecular complexity index is 818. The monoisotopic (exact) mass is 354 g/mol. The van der Waals surface area contributed by atoms with Gasteiger partial charge in [-0.15, -0.1) is 0 Å². The van der Waals surface area contributed by atoms with Crippen LogP contribution in [-0.4, -0.2) is 26.9 Å². The molecule has 2 fully saturated rings. The minimum absolute atomic E-state index is 0.108. The molecule has 2 saturated carbocycles. The highest BCUT2D eigenvalue weighted by Gasteiger charge is 2.38. The number of amides is 1. The molecule has 26 heavy (non-hydrogen) atoms. The Balaban J connectivity index is 1.41. The summed E-state index contributed by atoms with van der Waals surface area (Å²) in [7, 11) is 0. The predicted octanol–water partition coefficient (Wildman–Crippen LogP) is 3.34. The first kappa shape index (κ1) is 16.8. The van der Waals surface area contributed by atoms with E-state index in [9.17, 15) is 14.9 Å². The van der Waals surface area contributed by atoms with Gasteiger partial charge in [0, 0.05) is 30.6 Å². The van der Waals surface area contributed by atoms with E-state index < -0.39 is 4.92 Å².